The van der Waals surface area contributed by atoms with Crippen LogP contribution in [-0.4, -0.2) is 21.8 Å². The van der Waals surface area contributed by atoms with Crippen molar-refractivity contribution in [3.8, 4) is 0 Å². The molecule has 0 amide bonds. The number of aromatic nitrogens is 2. The third-order valence-electron chi connectivity index (χ3n) is 2.38. The van der Waals surface area contributed by atoms with Crippen molar-refractivity contribution in [1.82, 2.24) is 10.2 Å². The van der Waals surface area contributed by atoms with E-state index in [9.17, 15) is 5.11 Å². The number of nitrogens with zero attached hydrogens (tertiary/aromatic N) is 1. The van der Waals surface area contributed by atoms with E-state index in [2.05, 4.69) is 10.2 Å². The zero-order chi connectivity index (χ0) is 8.55. The number of H-pyrrole nitrogens is 1. The van der Waals surface area contributed by atoms with Crippen molar-refractivity contribution in [3.63, 3.8) is 0 Å². The first kappa shape index (κ1) is 7.76. The van der Waals surface area contributed by atoms with Gasteiger partial charge in [-0.3, -0.25) is 5.10 Å². The first-order valence-electron chi connectivity index (χ1n) is 4.27. The smallest absolute Gasteiger partial charge is 0.110 e. The number of fused-ring (bicyclic) bond motifs is 1. The predicted octanol–water partition coefficient (Wildman–Crippen LogP) is -0.110. The molecule has 66 valence electrons. The summed E-state index contributed by atoms with van der Waals surface area (Å²) in [6.45, 7) is 0.247. The Balaban J connectivity index is 2.33. The van der Waals surface area contributed by atoms with E-state index in [4.69, 9.17) is 5.73 Å². The predicted molar refractivity (Wildman–Crippen MR) is 44.6 cm³/mol. The minimum Gasteiger partial charge on any atom is -0.385 e. The number of nitrogens with one attached hydrogen (secondary N) is 1. The minimum absolute atomic E-state index is 0.247. The summed E-state index contributed by atoms with van der Waals surface area (Å²) in [5.41, 5.74) is 8.47. The van der Waals surface area contributed by atoms with E-state index in [1.165, 1.54) is 11.3 Å². The number of hydrogen-bond acceptors (Lipinski definition) is 3. The van der Waals surface area contributed by atoms with Gasteiger partial charge in [-0.25, -0.2) is 0 Å². The number of aryl methyl sites for hydroxylation is 1. The number of aromatic amines is 1. The molecule has 0 aliphatic heterocycles. The second-order valence-corrected chi connectivity index (χ2v) is 3.17. The molecule has 2 rings (SSSR count). The molecule has 0 radical (unpaired) electrons. The van der Waals surface area contributed by atoms with Crippen LogP contribution in [0, 0.1) is 0 Å². The van der Waals surface area contributed by atoms with Crippen molar-refractivity contribution >= 4 is 0 Å². The first-order valence-corrected chi connectivity index (χ1v) is 4.27. The summed E-state index contributed by atoms with van der Waals surface area (Å²) in [4.78, 5) is 0. The van der Waals surface area contributed by atoms with Gasteiger partial charge in [-0.1, -0.05) is 0 Å². The van der Waals surface area contributed by atoms with Crippen LogP contribution < -0.4 is 5.73 Å². The van der Waals surface area contributed by atoms with Crippen molar-refractivity contribution < 1.29 is 5.11 Å². The van der Waals surface area contributed by atoms with Gasteiger partial charge in [0.05, 0.1) is 5.69 Å². The molecule has 1 heterocycles. The Hall–Kier alpha value is -0.870. The largest absolute Gasteiger partial charge is 0.385 e. The molecule has 1 aromatic heterocycles. The molecule has 4 nitrogen and oxygen atoms in total. The molecule has 4 N–H and O–H groups in total. The van der Waals surface area contributed by atoms with Gasteiger partial charge in [0.2, 0.25) is 0 Å². The van der Waals surface area contributed by atoms with Crippen LogP contribution >= 0.6 is 0 Å². The second kappa shape index (κ2) is 2.88. The first-order chi connectivity index (χ1) is 5.83. The average molecular weight is 167 g/mol. The molecular formula is C8H13N3O. The third kappa shape index (κ3) is 1.04. The van der Waals surface area contributed by atoms with E-state index in [1.807, 2.05) is 0 Å². The SMILES string of the molecule is NC[C@H](O)c1n[nH]c2c1CCC2. The molecule has 0 fully saturated rings. The Labute approximate surface area is 70.8 Å². The number of hydrogen-bond donors (Lipinski definition) is 3. The topological polar surface area (TPSA) is 74.9 Å². The standard InChI is InChI=1S/C8H13N3O/c9-4-7(12)8-5-2-1-3-6(5)10-11-8/h7,12H,1-4,9H2,(H,10,11)/t7-/m0/s1. The van der Waals surface area contributed by atoms with Gasteiger partial charge in [0.15, 0.2) is 0 Å². The van der Waals surface area contributed by atoms with Crippen molar-refractivity contribution in [2.24, 2.45) is 5.73 Å². The van der Waals surface area contributed by atoms with Crippen molar-refractivity contribution in [3.05, 3.63) is 17.0 Å². The summed E-state index contributed by atoms with van der Waals surface area (Å²) < 4.78 is 0. The van der Waals surface area contributed by atoms with E-state index in [-0.39, 0.29) is 6.54 Å². The molecule has 1 atom stereocenters. The number of aliphatic hydroxyl groups is 1. The van der Waals surface area contributed by atoms with E-state index in [0.717, 1.165) is 25.0 Å². The average Bonchev–Trinajstić information content (AvgIpc) is 2.62. The molecule has 1 aliphatic rings. The maximum absolute atomic E-state index is 9.47. The van der Waals surface area contributed by atoms with Crippen LogP contribution in [0.3, 0.4) is 0 Å². The van der Waals surface area contributed by atoms with Crippen LogP contribution in [0.4, 0.5) is 0 Å². The molecule has 0 aromatic carbocycles. The van der Waals surface area contributed by atoms with Crippen LogP contribution in [-0.2, 0) is 12.8 Å². The van der Waals surface area contributed by atoms with Gasteiger partial charge in [-0.05, 0) is 24.8 Å². The minimum atomic E-state index is -0.594. The molecular weight excluding hydrogens is 154 g/mol. The van der Waals surface area contributed by atoms with Gasteiger partial charge in [0.25, 0.3) is 0 Å². The molecule has 1 aliphatic carbocycles. The van der Waals surface area contributed by atoms with Crippen LogP contribution in [0.2, 0.25) is 0 Å². The highest BCUT2D eigenvalue weighted by atomic mass is 16.3. The molecule has 12 heavy (non-hydrogen) atoms. The van der Waals surface area contributed by atoms with Gasteiger partial charge >= 0.3 is 0 Å². The van der Waals surface area contributed by atoms with Crippen LogP contribution in [0.15, 0.2) is 0 Å². The van der Waals surface area contributed by atoms with E-state index in [0.29, 0.717) is 0 Å². The van der Waals surface area contributed by atoms with Gasteiger partial charge in [-0.2, -0.15) is 5.10 Å². The van der Waals surface area contributed by atoms with Gasteiger partial charge in [0.1, 0.15) is 6.10 Å². The maximum atomic E-state index is 9.47. The summed E-state index contributed by atoms with van der Waals surface area (Å²) >= 11 is 0. The lowest BCUT2D eigenvalue weighted by Gasteiger charge is -2.04. The Morgan fingerprint density at radius 2 is 2.42 bits per heavy atom. The van der Waals surface area contributed by atoms with E-state index >= 15 is 0 Å². The van der Waals surface area contributed by atoms with E-state index < -0.39 is 6.10 Å². The lowest BCUT2D eigenvalue weighted by atomic mass is 10.1. The molecule has 0 bridgehead atoms. The Kier molecular flexibility index (Phi) is 1.86. The van der Waals surface area contributed by atoms with Crippen molar-refractivity contribution in [2.45, 2.75) is 25.4 Å². The monoisotopic (exact) mass is 167 g/mol. The highest BCUT2D eigenvalue weighted by Gasteiger charge is 2.21. The lowest BCUT2D eigenvalue weighted by molar-refractivity contribution is 0.181. The quantitative estimate of drug-likeness (QED) is 0.575. The fourth-order valence-corrected chi connectivity index (χ4v) is 1.73. The van der Waals surface area contributed by atoms with Crippen LogP contribution in [0.1, 0.15) is 29.5 Å². The molecule has 0 saturated carbocycles. The Bertz CT molecular complexity index is 282. The molecule has 1 aromatic rings. The summed E-state index contributed by atoms with van der Waals surface area (Å²) in [5, 5.41) is 16.5. The second-order valence-electron chi connectivity index (χ2n) is 3.17. The molecule has 0 saturated heterocycles. The summed E-state index contributed by atoms with van der Waals surface area (Å²) in [6.07, 6.45) is 2.65. The summed E-state index contributed by atoms with van der Waals surface area (Å²) in [6, 6.07) is 0. The van der Waals surface area contributed by atoms with Crippen molar-refractivity contribution in [1.29, 1.82) is 0 Å². The highest BCUT2D eigenvalue weighted by molar-refractivity contribution is 5.30. The van der Waals surface area contributed by atoms with Gasteiger partial charge in [-0.15, -0.1) is 0 Å². The van der Waals surface area contributed by atoms with Crippen molar-refractivity contribution in [2.75, 3.05) is 6.54 Å². The summed E-state index contributed by atoms with van der Waals surface area (Å²) in [7, 11) is 0. The van der Waals surface area contributed by atoms with Gasteiger partial charge < -0.3 is 10.8 Å². The molecule has 0 unspecified atom stereocenters. The fourth-order valence-electron chi connectivity index (χ4n) is 1.73. The van der Waals surface area contributed by atoms with Crippen LogP contribution in [0.5, 0.6) is 0 Å². The maximum Gasteiger partial charge on any atom is 0.110 e. The van der Waals surface area contributed by atoms with E-state index in [1.54, 1.807) is 0 Å². The fraction of sp³-hybridized carbons (Fsp3) is 0.625. The summed E-state index contributed by atoms with van der Waals surface area (Å²) in [5.74, 6) is 0. The van der Waals surface area contributed by atoms with Gasteiger partial charge in [0, 0.05) is 12.2 Å². The molecule has 4 heteroatoms. The number of aliphatic hydroxyl groups excluding tert-OH is 1. The highest BCUT2D eigenvalue weighted by Crippen LogP contribution is 2.26. The number of nitrogens with two attached hydrogens (primary N) is 1. The zero-order valence-corrected chi connectivity index (χ0v) is 6.88. The third-order valence-corrected chi connectivity index (χ3v) is 2.38. The normalized spacial score (nSPS) is 17.8. The number of rotatable bonds is 2. The molecule has 0 spiro atoms. The Morgan fingerprint density at radius 3 is 3.17 bits per heavy atom. The zero-order valence-electron chi connectivity index (χ0n) is 6.88. The van der Waals surface area contributed by atoms with Crippen LogP contribution in [0.25, 0.3) is 0 Å². The Morgan fingerprint density at radius 1 is 1.58 bits per heavy atom. The lowest BCUT2D eigenvalue weighted by Crippen LogP contribution is -2.13.